The third kappa shape index (κ3) is 4.03. The van der Waals surface area contributed by atoms with Gasteiger partial charge in [-0.25, -0.2) is 13.4 Å². The molecule has 140 valence electrons. The number of benzene rings is 1. The monoisotopic (exact) mass is 377 g/mol. The van der Waals surface area contributed by atoms with Crippen LogP contribution < -0.4 is 10.1 Å². The maximum atomic E-state index is 12.9. The molecular formula is C18H23N3O4S. The molecule has 1 N–H and O–H groups in total. The van der Waals surface area contributed by atoms with E-state index in [0.29, 0.717) is 18.9 Å². The van der Waals surface area contributed by atoms with E-state index in [1.165, 1.54) is 29.6 Å². The van der Waals surface area contributed by atoms with E-state index in [1.54, 1.807) is 26.1 Å². The Kier molecular flexibility index (Phi) is 6.33. The Morgan fingerprint density at radius 3 is 2.50 bits per heavy atom. The molecule has 8 heteroatoms. The maximum absolute atomic E-state index is 12.9. The van der Waals surface area contributed by atoms with E-state index in [4.69, 9.17) is 4.74 Å². The molecule has 1 heterocycles. The SMILES string of the molecule is CCN(CC)S(=O)(=O)c1cc(C(=O)Nc2ncccc2C)ccc1OC. The zero-order valence-corrected chi connectivity index (χ0v) is 16.1. The number of nitrogens with one attached hydrogen (secondary N) is 1. The largest absolute Gasteiger partial charge is 0.495 e. The fourth-order valence-corrected chi connectivity index (χ4v) is 4.16. The fourth-order valence-electron chi connectivity index (χ4n) is 2.52. The standard InChI is InChI=1S/C18H23N3O4S/c1-5-21(6-2)26(23,24)16-12-14(9-10-15(16)25-4)18(22)20-17-13(3)8-7-11-19-17/h7-12H,5-6H2,1-4H3,(H,19,20,22). The number of hydrogen-bond acceptors (Lipinski definition) is 5. The van der Waals surface area contributed by atoms with Gasteiger partial charge in [0.25, 0.3) is 5.91 Å². The van der Waals surface area contributed by atoms with Crippen LogP contribution in [0.4, 0.5) is 5.82 Å². The summed E-state index contributed by atoms with van der Waals surface area (Å²) in [4.78, 5) is 16.6. The van der Waals surface area contributed by atoms with Crippen LogP contribution in [0.15, 0.2) is 41.4 Å². The number of methoxy groups -OCH3 is 1. The van der Waals surface area contributed by atoms with Gasteiger partial charge in [0, 0.05) is 24.8 Å². The lowest BCUT2D eigenvalue weighted by molar-refractivity contribution is 0.102. The lowest BCUT2D eigenvalue weighted by atomic mass is 10.2. The van der Waals surface area contributed by atoms with E-state index in [-0.39, 0.29) is 16.2 Å². The van der Waals surface area contributed by atoms with Crippen LogP contribution in [0.1, 0.15) is 29.8 Å². The third-order valence-corrected chi connectivity index (χ3v) is 6.06. The first-order valence-corrected chi connectivity index (χ1v) is 9.70. The second kappa shape index (κ2) is 8.29. The van der Waals surface area contributed by atoms with Crippen LogP contribution in [-0.2, 0) is 10.0 Å². The fraction of sp³-hybridized carbons (Fsp3) is 0.333. The highest BCUT2D eigenvalue weighted by atomic mass is 32.2. The van der Waals surface area contributed by atoms with E-state index < -0.39 is 15.9 Å². The molecule has 0 spiro atoms. The highest BCUT2D eigenvalue weighted by Gasteiger charge is 2.27. The Bertz CT molecular complexity index is 893. The smallest absolute Gasteiger partial charge is 0.256 e. The van der Waals surface area contributed by atoms with Gasteiger partial charge in [0.2, 0.25) is 10.0 Å². The molecule has 0 aliphatic rings. The topological polar surface area (TPSA) is 88.6 Å². The number of nitrogens with zero attached hydrogens (tertiary/aromatic N) is 2. The van der Waals surface area contributed by atoms with Crippen LogP contribution in [0.25, 0.3) is 0 Å². The zero-order chi connectivity index (χ0) is 19.3. The number of aromatic nitrogens is 1. The van der Waals surface area contributed by atoms with Crippen LogP contribution in [0.3, 0.4) is 0 Å². The molecular weight excluding hydrogens is 354 g/mol. The van der Waals surface area contributed by atoms with E-state index in [1.807, 2.05) is 13.0 Å². The number of aryl methyl sites for hydroxylation is 1. The maximum Gasteiger partial charge on any atom is 0.256 e. The van der Waals surface area contributed by atoms with Gasteiger partial charge in [-0.05, 0) is 36.8 Å². The summed E-state index contributed by atoms with van der Waals surface area (Å²) in [6.45, 7) is 5.99. The van der Waals surface area contributed by atoms with Crippen molar-refractivity contribution in [3.8, 4) is 5.75 Å². The number of rotatable bonds is 7. The number of anilines is 1. The van der Waals surface area contributed by atoms with Crippen LogP contribution in [0.5, 0.6) is 5.75 Å². The minimum absolute atomic E-state index is 0.0332. The van der Waals surface area contributed by atoms with Gasteiger partial charge in [-0.2, -0.15) is 4.31 Å². The van der Waals surface area contributed by atoms with Crippen LogP contribution in [-0.4, -0.2) is 43.8 Å². The van der Waals surface area contributed by atoms with E-state index >= 15 is 0 Å². The lowest BCUT2D eigenvalue weighted by Gasteiger charge is -2.20. The summed E-state index contributed by atoms with van der Waals surface area (Å²) in [6, 6.07) is 7.93. The van der Waals surface area contributed by atoms with Gasteiger partial charge in [0.15, 0.2) is 0 Å². The van der Waals surface area contributed by atoms with Gasteiger partial charge in [0.1, 0.15) is 16.5 Å². The predicted molar refractivity (Wildman–Crippen MR) is 100 cm³/mol. The van der Waals surface area contributed by atoms with Gasteiger partial charge in [-0.3, -0.25) is 4.79 Å². The second-order valence-corrected chi connectivity index (χ2v) is 7.48. The highest BCUT2D eigenvalue weighted by Crippen LogP contribution is 2.28. The van der Waals surface area contributed by atoms with E-state index in [2.05, 4.69) is 10.3 Å². The molecule has 1 amide bonds. The van der Waals surface area contributed by atoms with Crippen molar-refractivity contribution in [2.24, 2.45) is 0 Å². The van der Waals surface area contributed by atoms with Gasteiger partial charge < -0.3 is 10.1 Å². The van der Waals surface area contributed by atoms with Gasteiger partial charge in [-0.1, -0.05) is 19.9 Å². The molecule has 0 fully saturated rings. The quantitative estimate of drug-likeness (QED) is 0.801. The van der Waals surface area contributed by atoms with Crippen molar-refractivity contribution in [2.45, 2.75) is 25.7 Å². The molecule has 26 heavy (non-hydrogen) atoms. The average Bonchev–Trinajstić information content (AvgIpc) is 2.63. The Hall–Kier alpha value is -2.45. The van der Waals surface area contributed by atoms with Gasteiger partial charge in [0.05, 0.1) is 7.11 Å². The number of hydrogen-bond donors (Lipinski definition) is 1. The summed E-state index contributed by atoms with van der Waals surface area (Å²) in [5.41, 5.74) is 1.02. The first kappa shape index (κ1) is 19.9. The number of sulfonamides is 1. The molecule has 2 rings (SSSR count). The number of pyridine rings is 1. The van der Waals surface area contributed by atoms with Gasteiger partial charge in [-0.15, -0.1) is 0 Å². The number of carbonyl (C=O) groups excluding carboxylic acids is 1. The Morgan fingerprint density at radius 2 is 1.92 bits per heavy atom. The van der Waals surface area contributed by atoms with E-state index in [0.717, 1.165) is 5.56 Å². The molecule has 1 aromatic carbocycles. The lowest BCUT2D eigenvalue weighted by Crippen LogP contribution is -2.31. The molecule has 0 unspecified atom stereocenters. The average molecular weight is 377 g/mol. The molecule has 1 aromatic heterocycles. The normalized spacial score (nSPS) is 11.4. The molecule has 0 saturated carbocycles. The molecule has 7 nitrogen and oxygen atoms in total. The summed E-state index contributed by atoms with van der Waals surface area (Å²) in [7, 11) is -2.37. The zero-order valence-electron chi connectivity index (χ0n) is 15.3. The van der Waals surface area contributed by atoms with Crippen LogP contribution in [0, 0.1) is 6.92 Å². The molecule has 0 saturated heterocycles. The van der Waals surface area contributed by atoms with Crippen molar-refractivity contribution in [3.63, 3.8) is 0 Å². The Balaban J connectivity index is 2.43. The molecule has 0 bridgehead atoms. The van der Waals surface area contributed by atoms with Crippen molar-refractivity contribution in [3.05, 3.63) is 47.7 Å². The van der Waals surface area contributed by atoms with Crippen molar-refractivity contribution in [2.75, 3.05) is 25.5 Å². The number of amides is 1. The van der Waals surface area contributed by atoms with Gasteiger partial charge >= 0.3 is 0 Å². The molecule has 0 aliphatic carbocycles. The first-order valence-electron chi connectivity index (χ1n) is 8.26. The minimum Gasteiger partial charge on any atom is -0.495 e. The van der Waals surface area contributed by atoms with Crippen LogP contribution in [0.2, 0.25) is 0 Å². The Labute approximate surface area is 154 Å². The molecule has 0 radical (unpaired) electrons. The number of ether oxygens (including phenoxy) is 1. The summed E-state index contributed by atoms with van der Waals surface area (Å²) in [5.74, 6) is 0.189. The second-order valence-electron chi connectivity index (χ2n) is 5.58. The summed E-state index contributed by atoms with van der Waals surface area (Å²) >= 11 is 0. The molecule has 0 atom stereocenters. The van der Waals surface area contributed by atoms with Crippen molar-refractivity contribution in [1.29, 1.82) is 0 Å². The summed E-state index contributed by atoms with van der Waals surface area (Å²) in [6.07, 6.45) is 1.58. The van der Waals surface area contributed by atoms with Crippen molar-refractivity contribution >= 4 is 21.7 Å². The van der Waals surface area contributed by atoms with Crippen LogP contribution >= 0.6 is 0 Å². The predicted octanol–water partition coefficient (Wildman–Crippen LogP) is 2.68. The molecule has 0 aliphatic heterocycles. The Morgan fingerprint density at radius 1 is 1.23 bits per heavy atom. The minimum atomic E-state index is -3.77. The number of carbonyl (C=O) groups is 1. The van der Waals surface area contributed by atoms with E-state index in [9.17, 15) is 13.2 Å². The highest BCUT2D eigenvalue weighted by molar-refractivity contribution is 7.89. The summed E-state index contributed by atoms with van der Waals surface area (Å²) in [5, 5.41) is 2.70. The van der Waals surface area contributed by atoms with Crippen molar-refractivity contribution in [1.82, 2.24) is 9.29 Å². The third-order valence-electron chi connectivity index (χ3n) is 3.99. The molecule has 2 aromatic rings. The summed E-state index contributed by atoms with van der Waals surface area (Å²) < 4.78 is 32.2. The first-order chi connectivity index (χ1) is 12.3. The van der Waals surface area contributed by atoms with Crippen molar-refractivity contribution < 1.29 is 17.9 Å².